The highest BCUT2D eigenvalue weighted by Crippen LogP contribution is 2.23. The Labute approximate surface area is 175 Å². The molecule has 1 aromatic carbocycles. The maximum Gasteiger partial charge on any atom is 0.122 e. The fourth-order valence-electron chi connectivity index (χ4n) is 2.49. The van der Waals surface area contributed by atoms with E-state index in [1.54, 1.807) is 7.11 Å². The molecule has 0 atom stereocenters. The van der Waals surface area contributed by atoms with Crippen LogP contribution in [0.1, 0.15) is 16.7 Å². The number of hydrogen-bond donors (Lipinski definition) is 0. The van der Waals surface area contributed by atoms with E-state index >= 15 is 0 Å². The predicted octanol–water partition coefficient (Wildman–Crippen LogP) is 2.72. The van der Waals surface area contributed by atoms with Gasteiger partial charge in [-0.25, -0.2) is 0 Å². The Bertz CT molecular complexity index is 522. The summed E-state index contributed by atoms with van der Waals surface area (Å²) in [4.78, 5) is 0. The van der Waals surface area contributed by atoms with Crippen LogP contribution in [0.4, 0.5) is 0 Å². The number of aryl methyl sites for hydroxylation is 2. The number of hydrogen-bond acceptors (Lipinski definition) is 7. The molecule has 0 heterocycles. The van der Waals surface area contributed by atoms with Crippen molar-refractivity contribution in [2.75, 3.05) is 86.4 Å². The normalized spacial score (nSPS) is 11.2. The lowest BCUT2D eigenvalue weighted by molar-refractivity contribution is -0.0159. The largest absolute Gasteiger partial charge is 0.491 e. The third-order valence-corrected chi connectivity index (χ3v) is 4.17. The molecule has 0 aromatic heterocycles. The molecule has 0 fully saturated rings. The van der Waals surface area contributed by atoms with Gasteiger partial charge in [0.05, 0.1) is 72.7 Å². The van der Waals surface area contributed by atoms with Gasteiger partial charge in [-0.05, 0) is 43.5 Å². The van der Waals surface area contributed by atoms with Crippen molar-refractivity contribution < 1.29 is 33.2 Å². The van der Waals surface area contributed by atoms with Crippen molar-refractivity contribution in [1.29, 1.82) is 0 Å². The van der Waals surface area contributed by atoms with Gasteiger partial charge in [-0.2, -0.15) is 0 Å². The second-order valence-corrected chi connectivity index (χ2v) is 6.61. The summed E-state index contributed by atoms with van der Waals surface area (Å²) < 4.78 is 37.8. The molecule has 0 aliphatic carbocycles. The van der Waals surface area contributed by atoms with Crippen LogP contribution in [0.5, 0.6) is 5.75 Å². The summed E-state index contributed by atoms with van der Waals surface area (Å²) in [5, 5.41) is 0. The van der Waals surface area contributed by atoms with Crippen molar-refractivity contribution in [3.8, 4) is 5.75 Å². The van der Waals surface area contributed by atoms with Crippen molar-refractivity contribution in [1.82, 2.24) is 0 Å². The highest BCUT2D eigenvalue weighted by molar-refractivity contribution is 5.41. The van der Waals surface area contributed by atoms with Crippen LogP contribution < -0.4 is 4.74 Å². The van der Waals surface area contributed by atoms with Gasteiger partial charge in [-0.15, -0.1) is 0 Å². The smallest absolute Gasteiger partial charge is 0.122 e. The quantitative estimate of drug-likeness (QED) is 0.323. The molecule has 29 heavy (non-hydrogen) atoms. The topological polar surface area (TPSA) is 64.6 Å². The maximum absolute atomic E-state index is 5.81. The fraction of sp³-hybridized carbons (Fsp3) is 0.727. The molecule has 1 rings (SSSR count). The summed E-state index contributed by atoms with van der Waals surface area (Å²) in [6.45, 7) is 12.9. The standard InChI is InChI=1S/C22H38O7/c1-19-17-20(2)21(3)22(18-19)29-16-15-28-14-13-27-12-11-26-10-9-25-8-7-24-6-5-23-4/h17-18H,5-16H2,1-4H3. The van der Waals surface area contributed by atoms with E-state index in [9.17, 15) is 0 Å². The van der Waals surface area contributed by atoms with Crippen LogP contribution in [-0.2, 0) is 28.4 Å². The Morgan fingerprint density at radius 2 is 0.966 bits per heavy atom. The molecular weight excluding hydrogens is 376 g/mol. The molecule has 168 valence electrons. The number of methoxy groups -OCH3 is 1. The summed E-state index contributed by atoms with van der Waals surface area (Å²) in [7, 11) is 1.65. The first-order valence-corrected chi connectivity index (χ1v) is 10.2. The number of ether oxygens (including phenoxy) is 7. The summed E-state index contributed by atoms with van der Waals surface area (Å²) in [6, 6.07) is 4.22. The van der Waals surface area contributed by atoms with E-state index in [1.165, 1.54) is 16.7 Å². The molecule has 0 spiro atoms. The Balaban J connectivity index is 1.82. The zero-order valence-electron chi connectivity index (χ0n) is 18.5. The molecule has 0 bridgehead atoms. The monoisotopic (exact) mass is 414 g/mol. The van der Waals surface area contributed by atoms with E-state index in [-0.39, 0.29) is 0 Å². The maximum atomic E-state index is 5.81. The molecule has 0 aliphatic heterocycles. The SMILES string of the molecule is COCCOCCOCCOCCOCCOCCOc1cc(C)cc(C)c1C. The molecule has 0 saturated carbocycles. The molecule has 0 unspecified atom stereocenters. The molecular formula is C22H38O7. The van der Waals surface area contributed by atoms with Gasteiger partial charge in [0.25, 0.3) is 0 Å². The average molecular weight is 415 g/mol. The van der Waals surface area contributed by atoms with Crippen molar-refractivity contribution in [2.45, 2.75) is 20.8 Å². The van der Waals surface area contributed by atoms with Crippen LogP contribution in [-0.4, -0.2) is 86.4 Å². The molecule has 0 N–H and O–H groups in total. The fourth-order valence-corrected chi connectivity index (χ4v) is 2.49. The lowest BCUT2D eigenvalue weighted by Crippen LogP contribution is -2.14. The Kier molecular flexibility index (Phi) is 15.7. The second kappa shape index (κ2) is 17.6. The van der Waals surface area contributed by atoms with Gasteiger partial charge < -0.3 is 33.2 Å². The van der Waals surface area contributed by atoms with Gasteiger partial charge in [0.1, 0.15) is 12.4 Å². The Morgan fingerprint density at radius 3 is 1.41 bits per heavy atom. The van der Waals surface area contributed by atoms with Crippen LogP contribution in [0.25, 0.3) is 0 Å². The Hall–Kier alpha value is -1.22. The van der Waals surface area contributed by atoms with E-state index in [4.69, 9.17) is 33.2 Å². The van der Waals surface area contributed by atoms with Gasteiger partial charge in [-0.3, -0.25) is 0 Å². The minimum Gasteiger partial charge on any atom is -0.491 e. The van der Waals surface area contributed by atoms with Gasteiger partial charge in [0.2, 0.25) is 0 Å². The zero-order valence-corrected chi connectivity index (χ0v) is 18.5. The van der Waals surface area contributed by atoms with Crippen LogP contribution >= 0.6 is 0 Å². The third kappa shape index (κ3) is 13.6. The number of rotatable bonds is 19. The van der Waals surface area contributed by atoms with Crippen molar-refractivity contribution in [3.05, 3.63) is 28.8 Å². The average Bonchev–Trinajstić information content (AvgIpc) is 2.70. The predicted molar refractivity (Wildman–Crippen MR) is 112 cm³/mol. The molecule has 0 amide bonds. The molecule has 0 radical (unpaired) electrons. The second-order valence-electron chi connectivity index (χ2n) is 6.61. The third-order valence-electron chi connectivity index (χ3n) is 4.17. The zero-order chi connectivity index (χ0) is 21.2. The molecule has 1 aromatic rings. The number of benzene rings is 1. The van der Waals surface area contributed by atoms with Gasteiger partial charge in [-0.1, -0.05) is 6.07 Å². The molecule has 7 nitrogen and oxygen atoms in total. The molecule has 0 saturated heterocycles. The minimum absolute atomic E-state index is 0.532. The van der Waals surface area contributed by atoms with Crippen molar-refractivity contribution >= 4 is 0 Å². The minimum atomic E-state index is 0.532. The van der Waals surface area contributed by atoms with Gasteiger partial charge in [0, 0.05) is 7.11 Å². The van der Waals surface area contributed by atoms with E-state index in [2.05, 4.69) is 32.9 Å². The van der Waals surface area contributed by atoms with E-state index in [1.807, 2.05) is 0 Å². The Morgan fingerprint density at radius 1 is 0.552 bits per heavy atom. The van der Waals surface area contributed by atoms with Crippen LogP contribution in [0.15, 0.2) is 12.1 Å². The summed E-state index contributed by atoms with van der Waals surface area (Å²) >= 11 is 0. The van der Waals surface area contributed by atoms with Crippen LogP contribution in [0.3, 0.4) is 0 Å². The van der Waals surface area contributed by atoms with Crippen LogP contribution in [0.2, 0.25) is 0 Å². The first-order chi connectivity index (χ1) is 14.1. The van der Waals surface area contributed by atoms with Crippen LogP contribution in [0, 0.1) is 20.8 Å². The van der Waals surface area contributed by atoms with Crippen molar-refractivity contribution in [2.24, 2.45) is 0 Å². The van der Waals surface area contributed by atoms with E-state index in [0.29, 0.717) is 79.3 Å². The summed E-state index contributed by atoms with van der Waals surface area (Å²) in [5.41, 5.74) is 3.63. The van der Waals surface area contributed by atoms with E-state index < -0.39 is 0 Å². The lowest BCUT2D eigenvalue weighted by Gasteiger charge is -2.12. The van der Waals surface area contributed by atoms with Gasteiger partial charge in [0.15, 0.2) is 0 Å². The molecule has 7 heteroatoms. The first-order valence-electron chi connectivity index (χ1n) is 10.2. The highest BCUT2D eigenvalue weighted by Gasteiger charge is 2.03. The molecule has 0 aliphatic rings. The summed E-state index contributed by atoms with van der Waals surface area (Å²) in [6.07, 6.45) is 0. The van der Waals surface area contributed by atoms with Gasteiger partial charge >= 0.3 is 0 Å². The first kappa shape index (κ1) is 25.8. The lowest BCUT2D eigenvalue weighted by atomic mass is 10.1. The van der Waals surface area contributed by atoms with E-state index in [0.717, 1.165) is 5.75 Å². The highest BCUT2D eigenvalue weighted by atomic mass is 16.6. The summed E-state index contributed by atoms with van der Waals surface area (Å²) in [5.74, 6) is 0.932. The van der Waals surface area contributed by atoms with Crippen molar-refractivity contribution in [3.63, 3.8) is 0 Å².